The number of carboxylic acid groups (broad SMARTS) is 1. The van der Waals surface area contributed by atoms with E-state index in [1.807, 2.05) is 0 Å². The Bertz CT molecular complexity index is 826. The minimum absolute atomic E-state index is 0.0162. The molecule has 0 radical (unpaired) electrons. The summed E-state index contributed by atoms with van der Waals surface area (Å²) in [6.07, 6.45) is 0.827. The van der Waals surface area contributed by atoms with E-state index in [4.69, 9.17) is 33.8 Å². The Morgan fingerprint density at radius 1 is 0.769 bits per heavy atom. The van der Waals surface area contributed by atoms with Gasteiger partial charge in [0.25, 0.3) is 0 Å². The summed E-state index contributed by atoms with van der Waals surface area (Å²) in [7, 11) is 0. The molecule has 0 aliphatic heterocycles. The molecule has 0 aromatic heterocycles. The van der Waals surface area contributed by atoms with Gasteiger partial charge in [-0.15, -0.1) is 0 Å². The number of unbranched alkanes of at least 4 members (excludes halogenated alkanes) is 1. The fourth-order valence-electron chi connectivity index (χ4n) is 3.42. The van der Waals surface area contributed by atoms with E-state index in [1.54, 1.807) is 0 Å². The summed E-state index contributed by atoms with van der Waals surface area (Å²) < 4.78 is 0. The van der Waals surface area contributed by atoms with Crippen molar-refractivity contribution >= 4 is 35.6 Å². The van der Waals surface area contributed by atoms with Crippen LogP contribution in [0.5, 0.6) is 0 Å². The van der Waals surface area contributed by atoms with Crippen LogP contribution in [0.3, 0.4) is 0 Å². The molecular formula is C22H45N11O6. The number of hydrogen-bond acceptors (Lipinski definition) is 9. The van der Waals surface area contributed by atoms with Crippen LogP contribution in [-0.4, -0.2) is 95.7 Å². The van der Waals surface area contributed by atoms with E-state index in [1.165, 1.54) is 6.92 Å². The van der Waals surface area contributed by atoms with Gasteiger partial charge in [0.1, 0.15) is 18.1 Å². The summed E-state index contributed by atoms with van der Waals surface area (Å²) in [5, 5.41) is 46.4. The number of carboxylic acids is 1. The first-order valence-corrected chi connectivity index (χ1v) is 12.7. The van der Waals surface area contributed by atoms with Gasteiger partial charge in [-0.2, -0.15) is 0 Å². The molecule has 0 saturated carbocycles. The number of amides is 3. The summed E-state index contributed by atoms with van der Waals surface area (Å²) in [6.45, 7) is 2.14. The van der Waals surface area contributed by atoms with E-state index in [-0.39, 0.29) is 50.7 Å². The van der Waals surface area contributed by atoms with Crippen molar-refractivity contribution in [3.05, 3.63) is 0 Å². The summed E-state index contributed by atoms with van der Waals surface area (Å²) in [4.78, 5) is 50.2. The van der Waals surface area contributed by atoms with Crippen LogP contribution in [0.15, 0.2) is 0 Å². The fraction of sp³-hybridized carbons (Fsp3) is 0.727. The molecule has 0 heterocycles. The van der Waals surface area contributed by atoms with Crippen molar-refractivity contribution < 1.29 is 29.4 Å². The average molecular weight is 560 g/mol. The molecule has 39 heavy (non-hydrogen) atoms. The van der Waals surface area contributed by atoms with Gasteiger partial charge in [-0.1, -0.05) is 6.42 Å². The Morgan fingerprint density at radius 2 is 1.28 bits per heavy atom. The zero-order valence-corrected chi connectivity index (χ0v) is 22.3. The maximum Gasteiger partial charge on any atom is 0.326 e. The number of rotatable bonds is 20. The number of aliphatic carboxylic acids is 1. The van der Waals surface area contributed by atoms with Gasteiger partial charge in [-0.05, 0) is 52.0 Å². The predicted octanol–water partition coefficient (Wildman–Crippen LogP) is -4.11. The molecule has 1 unspecified atom stereocenters. The standard InChI is InChI=1S/C22H45N11O6/c1-12(34)16(33-17(35)13(24)6-2-3-9-23)19(37)31-14(7-4-10-29-21(25)26)18(36)32-15(20(38)39)8-5-11-30-22(27)28/h12-16,34H,2-11,23-24H2,1H3,(H,31,37)(H,32,36)(H,33,35)(H,38,39)(H4,25,26,29)(H4,27,28,30)/t12-,13?,14+,15+,16+/m1/s1. The van der Waals surface area contributed by atoms with Crippen molar-refractivity contribution in [3.63, 3.8) is 0 Å². The zero-order chi connectivity index (χ0) is 30.0. The van der Waals surface area contributed by atoms with Crippen LogP contribution in [0.2, 0.25) is 0 Å². The Morgan fingerprint density at radius 3 is 1.74 bits per heavy atom. The second-order valence-electron chi connectivity index (χ2n) is 9.04. The van der Waals surface area contributed by atoms with Crippen LogP contribution in [-0.2, 0) is 19.2 Å². The van der Waals surface area contributed by atoms with Crippen LogP contribution in [0.1, 0.15) is 51.9 Å². The van der Waals surface area contributed by atoms with Gasteiger partial charge in [-0.3, -0.25) is 25.2 Å². The third kappa shape index (κ3) is 16.0. The van der Waals surface area contributed by atoms with Gasteiger partial charge in [0.2, 0.25) is 17.7 Å². The number of carbonyl (C=O) groups is 4. The lowest BCUT2D eigenvalue weighted by Gasteiger charge is -2.26. The largest absolute Gasteiger partial charge is 0.480 e. The molecule has 17 nitrogen and oxygen atoms in total. The zero-order valence-electron chi connectivity index (χ0n) is 22.3. The molecule has 0 bridgehead atoms. The van der Waals surface area contributed by atoms with E-state index in [9.17, 15) is 29.4 Å². The lowest BCUT2D eigenvalue weighted by molar-refractivity contribution is -0.142. The maximum absolute atomic E-state index is 13.0. The fourth-order valence-corrected chi connectivity index (χ4v) is 3.42. The van der Waals surface area contributed by atoms with E-state index < -0.39 is 54.0 Å². The molecule has 5 atom stereocenters. The van der Waals surface area contributed by atoms with Crippen molar-refractivity contribution in [2.24, 2.45) is 22.9 Å². The Kier molecular flexibility index (Phi) is 17.5. The third-order valence-electron chi connectivity index (χ3n) is 5.59. The second-order valence-corrected chi connectivity index (χ2v) is 9.04. The smallest absolute Gasteiger partial charge is 0.326 e. The highest BCUT2D eigenvalue weighted by atomic mass is 16.4. The third-order valence-corrected chi connectivity index (χ3v) is 5.59. The SMILES string of the molecule is C[C@@H](O)[C@H](NC(=O)C(N)CCCCN)C(=O)N[C@@H](CCCNC(=N)N)C(=O)N[C@@H](CCCNC(=N)N)C(=O)O. The molecule has 224 valence electrons. The first-order chi connectivity index (χ1) is 18.3. The summed E-state index contributed by atoms with van der Waals surface area (Å²) >= 11 is 0. The molecule has 0 rings (SSSR count). The predicted molar refractivity (Wildman–Crippen MR) is 144 cm³/mol. The topological polar surface area (TPSA) is 321 Å². The number of aliphatic hydroxyl groups excluding tert-OH is 1. The highest BCUT2D eigenvalue weighted by Gasteiger charge is 2.32. The van der Waals surface area contributed by atoms with Gasteiger partial charge in [0.05, 0.1) is 12.1 Å². The number of hydrogen-bond donors (Lipinski definition) is 13. The molecule has 17 heteroatoms. The number of aliphatic hydroxyl groups is 1. The van der Waals surface area contributed by atoms with Crippen LogP contribution in [0.25, 0.3) is 0 Å². The summed E-state index contributed by atoms with van der Waals surface area (Å²) in [5.41, 5.74) is 21.8. The minimum Gasteiger partial charge on any atom is -0.480 e. The molecule has 0 aromatic carbocycles. The molecular weight excluding hydrogens is 514 g/mol. The minimum atomic E-state index is -1.43. The quantitative estimate of drug-likeness (QED) is 0.0384. The molecule has 17 N–H and O–H groups in total. The van der Waals surface area contributed by atoms with E-state index in [0.29, 0.717) is 25.8 Å². The van der Waals surface area contributed by atoms with Crippen LogP contribution in [0, 0.1) is 10.8 Å². The van der Waals surface area contributed by atoms with Gasteiger partial charge in [0.15, 0.2) is 11.9 Å². The highest BCUT2D eigenvalue weighted by Crippen LogP contribution is 2.05. The molecule has 3 amide bonds. The van der Waals surface area contributed by atoms with E-state index in [2.05, 4.69) is 26.6 Å². The Labute approximate surface area is 227 Å². The number of carbonyl (C=O) groups excluding carboxylic acids is 3. The molecule has 0 aliphatic carbocycles. The lowest BCUT2D eigenvalue weighted by Crippen LogP contribution is -2.59. The maximum atomic E-state index is 13.0. The first-order valence-electron chi connectivity index (χ1n) is 12.7. The molecule has 0 fully saturated rings. The second kappa shape index (κ2) is 19.4. The van der Waals surface area contributed by atoms with Crippen molar-refractivity contribution in [1.29, 1.82) is 10.8 Å². The van der Waals surface area contributed by atoms with E-state index in [0.717, 1.165) is 0 Å². The van der Waals surface area contributed by atoms with Gasteiger partial charge < -0.3 is 59.7 Å². The molecule has 0 aromatic rings. The Balaban J connectivity index is 5.46. The van der Waals surface area contributed by atoms with Crippen molar-refractivity contribution in [3.8, 4) is 0 Å². The number of nitrogens with two attached hydrogens (primary N) is 4. The monoisotopic (exact) mass is 559 g/mol. The number of guanidine groups is 2. The average Bonchev–Trinajstić information content (AvgIpc) is 2.85. The highest BCUT2D eigenvalue weighted by molar-refractivity contribution is 5.94. The normalized spacial score (nSPS) is 14.6. The van der Waals surface area contributed by atoms with Crippen LogP contribution in [0.4, 0.5) is 0 Å². The molecule has 0 aliphatic rings. The van der Waals surface area contributed by atoms with Gasteiger partial charge >= 0.3 is 5.97 Å². The summed E-state index contributed by atoms with van der Waals surface area (Å²) in [5.74, 6) is -4.19. The Hall–Kier alpha value is -3.70. The molecule has 0 saturated heterocycles. The van der Waals surface area contributed by atoms with Crippen LogP contribution < -0.4 is 49.5 Å². The van der Waals surface area contributed by atoms with E-state index >= 15 is 0 Å². The lowest BCUT2D eigenvalue weighted by atomic mass is 10.1. The number of nitrogens with one attached hydrogen (secondary N) is 7. The van der Waals surface area contributed by atoms with Gasteiger partial charge in [0, 0.05) is 13.1 Å². The molecule has 0 spiro atoms. The van der Waals surface area contributed by atoms with Crippen molar-refractivity contribution in [2.75, 3.05) is 19.6 Å². The van der Waals surface area contributed by atoms with Crippen molar-refractivity contribution in [2.45, 2.75) is 82.1 Å². The first kappa shape index (κ1) is 35.3. The van der Waals surface area contributed by atoms with Crippen LogP contribution >= 0.6 is 0 Å². The van der Waals surface area contributed by atoms with Crippen molar-refractivity contribution in [1.82, 2.24) is 26.6 Å². The van der Waals surface area contributed by atoms with Gasteiger partial charge in [-0.25, -0.2) is 4.79 Å². The summed E-state index contributed by atoms with van der Waals surface area (Å²) in [6, 6.07) is -4.90.